The number of hydrogen-bond donors (Lipinski definition) is 0. The summed E-state index contributed by atoms with van der Waals surface area (Å²) in [6.45, 7) is 0. The smallest absolute Gasteiger partial charge is 0.258 e. The van der Waals surface area contributed by atoms with Gasteiger partial charge in [-0.2, -0.15) is 5.26 Å². The molecule has 0 bridgehead atoms. The molecular weight excluding hydrogens is 254 g/mol. The second-order valence-electron chi connectivity index (χ2n) is 3.44. The SMILES string of the molecule is N#Cc1ccc(-c2ccnc(Cl)c2[N+](=O)[O-])cc1. The number of aromatic nitrogens is 1. The van der Waals surface area contributed by atoms with Crippen molar-refractivity contribution in [3.63, 3.8) is 0 Å². The molecule has 0 aliphatic carbocycles. The lowest BCUT2D eigenvalue weighted by atomic mass is 10.0. The van der Waals surface area contributed by atoms with Crippen molar-refractivity contribution in [3.8, 4) is 17.2 Å². The Hall–Kier alpha value is -2.45. The van der Waals surface area contributed by atoms with E-state index in [9.17, 15) is 10.1 Å². The number of nitrogens with zero attached hydrogens (tertiary/aromatic N) is 3. The third-order valence-corrected chi connectivity index (χ3v) is 2.66. The van der Waals surface area contributed by atoms with Gasteiger partial charge in [-0.3, -0.25) is 10.1 Å². The summed E-state index contributed by atoms with van der Waals surface area (Å²) >= 11 is 5.73. The van der Waals surface area contributed by atoms with E-state index in [1.807, 2.05) is 6.07 Å². The first kappa shape index (κ1) is 12.0. The summed E-state index contributed by atoms with van der Waals surface area (Å²) in [5.41, 5.74) is 1.25. The molecule has 0 N–H and O–H groups in total. The van der Waals surface area contributed by atoms with Crippen LogP contribution in [0.3, 0.4) is 0 Å². The predicted octanol–water partition coefficient (Wildman–Crippen LogP) is 3.18. The summed E-state index contributed by atoms with van der Waals surface area (Å²) in [6.07, 6.45) is 1.41. The van der Waals surface area contributed by atoms with Gasteiger partial charge in [-0.05, 0) is 23.8 Å². The first-order valence-electron chi connectivity index (χ1n) is 4.93. The van der Waals surface area contributed by atoms with Gasteiger partial charge in [0.05, 0.1) is 22.1 Å². The van der Waals surface area contributed by atoms with E-state index in [2.05, 4.69) is 4.98 Å². The Kier molecular flexibility index (Phi) is 3.22. The van der Waals surface area contributed by atoms with E-state index in [-0.39, 0.29) is 10.8 Å². The second kappa shape index (κ2) is 4.82. The molecule has 1 heterocycles. The van der Waals surface area contributed by atoms with Crippen molar-refractivity contribution in [1.29, 1.82) is 5.26 Å². The van der Waals surface area contributed by atoms with E-state index in [4.69, 9.17) is 16.9 Å². The Bertz CT molecular complexity index is 647. The van der Waals surface area contributed by atoms with E-state index < -0.39 is 4.92 Å². The van der Waals surface area contributed by atoms with Gasteiger partial charge in [0.25, 0.3) is 0 Å². The van der Waals surface area contributed by atoms with Gasteiger partial charge in [0.1, 0.15) is 0 Å². The van der Waals surface area contributed by atoms with Crippen LogP contribution in [0.5, 0.6) is 0 Å². The molecule has 1 aromatic heterocycles. The van der Waals surface area contributed by atoms with E-state index in [0.29, 0.717) is 16.7 Å². The molecule has 0 saturated heterocycles. The average molecular weight is 260 g/mol. The molecule has 5 nitrogen and oxygen atoms in total. The molecule has 88 valence electrons. The lowest BCUT2D eigenvalue weighted by Gasteiger charge is -2.03. The van der Waals surface area contributed by atoms with Gasteiger partial charge >= 0.3 is 5.69 Å². The minimum absolute atomic E-state index is 0.151. The van der Waals surface area contributed by atoms with Crippen LogP contribution in [0.15, 0.2) is 36.5 Å². The molecule has 18 heavy (non-hydrogen) atoms. The van der Waals surface area contributed by atoms with Crippen LogP contribution in [-0.2, 0) is 0 Å². The normalized spacial score (nSPS) is 9.78. The van der Waals surface area contributed by atoms with E-state index >= 15 is 0 Å². The van der Waals surface area contributed by atoms with Gasteiger partial charge in [-0.25, -0.2) is 4.98 Å². The molecule has 2 aromatic rings. The van der Waals surface area contributed by atoms with Crippen LogP contribution in [0.4, 0.5) is 5.69 Å². The minimum atomic E-state index is -0.567. The molecule has 0 aliphatic heterocycles. The Morgan fingerprint density at radius 1 is 1.28 bits per heavy atom. The number of benzene rings is 1. The summed E-state index contributed by atoms with van der Waals surface area (Å²) in [4.78, 5) is 14.1. The summed E-state index contributed by atoms with van der Waals surface area (Å²) in [5, 5.41) is 19.5. The number of hydrogen-bond acceptors (Lipinski definition) is 4. The van der Waals surface area contributed by atoms with Crippen LogP contribution in [0.2, 0.25) is 5.15 Å². The molecule has 0 spiro atoms. The Morgan fingerprint density at radius 3 is 2.50 bits per heavy atom. The third-order valence-electron chi connectivity index (χ3n) is 2.39. The standard InChI is InChI=1S/C12H6ClN3O2/c13-12-11(16(17)18)10(5-6-15-12)9-3-1-8(7-14)2-4-9/h1-6H. The van der Waals surface area contributed by atoms with Gasteiger partial charge < -0.3 is 0 Å². The first-order chi connectivity index (χ1) is 8.63. The lowest BCUT2D eigenvalue weighted by molar-refractivity contribution is -0.384. The molecule has 0 unspecified atom stereocenters. The molecule has 0 atom stereocenters. The van der Waals surface area contributed by atoms with E-state index in [1.54, 1.807) is 24.3 Å². The highest BCUT2D eigenvalue weighted by atomic mass is 35.5. The van der Waals surface area contributed by atoms with Crippen molar-refractivity contribution in [3.05, 3.63) is 57.4 Å². The Labute approximate surface area is 107 Å². The summed E-state index contributed by atoms with van der Waals surface area (Å²) in [6, 6.07) is 9.95. The van der Waals surface area contributed by atoms with Gasteiger partial charge in [0.2, 0.25) is 5.15 Å². The van der Waals surface area contributed by atoms with Crippen LogP contribution >= 0.6 is 11.6 Å². The topological polar surface area (TPSA) is 79.8 Å². The number of rotatable bonds is 2. The molecule has 0 saturated carbocycles. The van der Waals surface area contributed by atoms with Gasteiger partial charge in [-0.15, -0.1) is 0 Å². The zero-order chi connectivity index (χ0) is 13.1. The van der Waals surface area contributed by atoms with Crippen LogP contribution in [0.25, 0.3) is 11.1 Å². The zero-order valence-electron chi connectivity index (χ0n) is 9.00. The number of halogens is 1. The highest BCUT2D eigenvalue weighted by Crippen LogP contribution is 2.34. The van der Waals surface area contributed by atoms with E-state index in [0.717, 1.165) is 0 Å². The highest BCUT2D eigenvalue weighted by Gasteiger charge is 2.20. The van der Waals surface area contributed by atoms with Crippen molar-refractivity contribution in [2.75, 3.05) is 0 Å². The average Bonchev–Trinajstić information content (AvgIpc) is 2.38. The lowest BCUT2D eigenvalue weighted by Crippen LogP contribution is -1.94. The van der Waals surface area contributed by atoms with Crippen LogP contribution in [-0.4, -0.2) is 9.91 Å². The maximum absolute atomic E-state index is 11.0. The fourth-order valence-electron chi connectivity index (χ4n) is 1.56. The van der Waals surface area contributed by atoms with Crippen molar-refractivity contribution in [2.45, 2.75) is 0 Å². The second-order valence-corrected chi connectivity index (χ2v) is 3.80. The van der Waals surface area contributed by atoms with E-state index in [1.165, 1.54) is 12.3 Å². The van der Waals surface area contributed by atoms with Crippen LogP contribution < -0.4 is 0 Å². The van der Waals surface area contributed by atoms with Crippen LogP contribution in [0, 0.1) is 21.4 Å². The zero-order valence-corrected chi connectivity index (χ0v) is 9.76. The van der Waals surface area contributed by atoms with Crippen molar-refractivity contribution in [2.24, 2.45) is 0 Å². The Balaban J connectivity index is 2.60. The maximum atomic E-state index is 11.0. The molecule has 0 fully saturated rings. The summed E-state index contributed by atoms with van der Waals surface area (Å²) in [5.74, 6) is 0. The molecule has 2 rings (SSSR count). The van der Waals surface area contributed by atoms with Crippen molar-refractivity contribution >= 4 is 17.3 Å². The largest absolute Gasteiger partial charge is 0.314 e. The van der Waals surface area contributed by atoms with Crippen molar-refractivity contribution in [1.82, 2.24) is 4.98 Å². The number of nitro groups is 1. The molecule has 1 aromatic carbocycles. The molecule has 6 heteroatoms. The van der Waals surface area contributed by atoms with Gasteiger partial charge in [0, 0.05) is 6.20 Å². The van der Waals surface area contributed by atoms with Crippen molar-refractivity contribution < 1.29 is 4.92 Å². The monoisotopic (exact) mass is 259 g/mol. The predicted molar refractivity (Wildman–Crippen MR) is 66.1 cm³/mol. The third kappa shape index (κ3) is 2.14. The van der Waals surface area contributed by atoms with Gasteiger partial charge in [-0.1, -0.05) is 23.7 Å². The fraction of sp³-hybridized carbons (Fsp3) is 0. The Morgan fingerprint density at radius 2 is 1.94 bits per heavy atom. The fourth-order valence-corrected chi connectivity index (χ4v) is 1.79. The van der Waals surface area contributed by atoms with Gasteiger partial charge in [0.15, 0.2) is 0 Å². The molecule has 0 aliphatic rings. The summed E-state index contributed by atoms with van der Waals surface area (Å²) in [7, 11) is 0. The quantitative estimate of drug-likeness (QED) is 0.471. The first-order valence-corrected chi connectivity index (χ1v) is 5.30. The number of nitriles is 1. The highest BCUT2D eigenvalue weighted by molar-refractivity contribution is 6.32. The summed E-state index contributed by atoms with van der Waals surface area (Å²) < 4.78 is 0. The van der Waals surface area contributed by atoms with Crippen LogP contribution in [0.1, 0.15) is 5.56 Å². The molecular formula is C12H6ClN3O2. The maximum Gasteiger partial charge on any atom is 0.314 e. The molecule has 0 amide bonds. The minimum Gasteiger partial charge on any atom is -0.258 e. The molecule has 0 radical (unpaired) electrons. The number of pyridine rings is 1.